The molecule has 1 amide bonds. The predicted molar refractivity (Wildman–Crippen MR) is 126 cm³/mol. The first kappa shape index (κ1) is 21.7. The fourth-order valence-electron chi connectivity index (χ4n) is 3.41. The SMILES string of the molecule is CCCCn1nc(C(=O)N(C)Cc2cn(-c3ccccc3)nc2-c2cccs2)ccc1=O. The molecule has 4 rings (SSSR count). The maximum Gasteiger partial charge on any atom is 0.274 e. The quantitative estimate of drug-likeness (QED) is 0.405. The van der Waals surface area contributed by atoms with Crippen LogP contribution in [0.5, 0.6) is 0 Å². The summed E-state index contributed by atoms with van der Waals surface area (Å²) in [6.07, 6.45) is 3.75. The van der Waals surface area contributed by atoms with Crippen LogP contribution in [0.25, 0.3) is 16.3 Å². The number of nitrogens with zero attached hydrogens (tertiary/aromatic N) is 5. The number of unbranched alkanes of at least 4 members (excludes halogenated alkanes) is 1. The fraction of sp³-hybridized carbons (Fsp3) is 0.250. The van der Waals surface area contributed by atoms with Gasteiger partial charge in [-0.2, -0.15) is 10.2 Å². The van der Waals surface area contributed by atoms with Gasteiger partial charge in [-0.15, -0.1) is 11.3 Å². The highest BCUT2D eigenvalue weighted by Gasteiger charge is 2.20. The molecule has 0 fully saturated rings. The number of carbonyl (C=O) groups excluding carboxylic acids is 1. The minimum absolute atomic E-state index is 0.193. The summed E-state index contributed by atoms with van der Waals surface area (Å²) in [4.78, 5) is 27.8. The van der Waals surface area contributed by atoms with Crippen molar-refractivity contribution in [2.24, 2.45) is 0 Å². The third kappa shape index (κ3) is 4.70. The number of benzene rings is 1. The summed E-state index contributed by atoms with van der Waals surface area (Å²) < 4.78 is 3.21. The third-order valence-corrected chi connectivity index (χ3v) is 6.01. The van der Waals surface area contributed by atoms with Crippen LogP contribution < -0.4 is 5.56 Å². The van der Waals surface area contributed by atoms with Crippen molar-refractivity contribution in [1.29, 1.82) is 0 Å². The molecular formula is C24H25N5O2S. The first-order valence-electron chi connectivity index (χ1n) is 10.6. The van der Waals surface area contributed by atoms with Crippen LogP contribution in [0.1, 0.15) is 35.8 Å². The second-order valence-corrected chi connectivity index (χ2v) is 8.50. The number of aromatic nitrogens is 4. The van der Waals surface area contributed by atoms with Gasteiger partial charge in [0.05, 0.1) is 10.6 Å². The number of amides is 1. The molecule has 0 saturated carbocycles. The van der Waals surface area contributed by atoms with E-state index in [-0.39, 0.29) is 17.2 Å². The van der Waals surface area contributed by atoms with E-state index in [1.165, 1.54) is 16.8 Å². The van der Waals surface area contributed by atoms with Crippen molar-refractivity contribution >= 4 is 17.2 Å². The first-order valence-corrected chi connectivity index (χ1v) is 11.5. The van der Waals surface area contributed by atoms with Gasteiger partial charge in [0.25, 0.3) is 11.5 Å². The number of para-hydroxylation sites is 1. The molecule has 0 saturated heterocycles. The maximum atomic E-state index is 13.1. The molecule has 0 N–H and O–H groups in total. The minimum atomic E-state index is -0.236. The van der Waals surface area contributed by atoms with E-state index in [1.54, 1.807) is 23.3 Å². The Morgan fingerprint density at radius 3 is 2.59 bits per heavy atom. The zero-order chi connectivity index (χ0) is 22.5. The first-order chi connectivity index (χ1) is 15.6. The summed E-state index contributed by atoms with van der Waals surface area (Å²) in [5.41, 5.74) is 2.81. The number of hydrogen-bond acceptors (Lipinski definition) is 5. The van der Waals surface area contributed by atoms with E-state index in [4.69, 9.17) is 5.10 Å². The van der Waals surface area contributed by atoms with E-state index in [0.29, 0.717) is 13.1 Å². The highest BCUT2D eigenvalue weighted by atomic mass is 32.1. The molecule has 0 unspecified atom stereocenters. The lowest BCUT2D eigenvalue weighted by atomic mass is 10.2. The Balaban J connectivity index is 1.61. The van der Waals surface area contributed by atoms with Gasteiger partial charge in [0.2, 0.25) is 0 Å². The predicted octanol–water partition coefficient (Wildman–Crippen LogP) is 4.23. The molecule has 0 aliphatic heterocycles. The molecular weight excluding hydrogens is 422 g/mol. The summed E-state index contributed by atoms with van der Waals surface area (Å²) in [5, 5.41) is 11.1. The van der Waals surface area contributed by atoms with E-state index in [2.05, 4.69) is 12.0 Å². The molecule has 0 aliphatic carbocycles. The van der Waals surface area contributed by atoms with Gasteiger partial charge in [-0.05, 0) is 36.1 Å². The van der Waals surface area contributed by atoms with Gasteiger partial charge in [-0.3, -0.25) is 9.59 Å². The molecule has 3 heterocycles. The molecule has 32 heavy (non-hydrogen) atoms. The van der Waals surface area contributed by atoms with Gasteiger partial charge in [0.15, 0.2) is 0 Å². The van der Waals surface area contributed by atoms with Crippen molar-refractivity contribution in [1.82, 2.24) is 24.5 Å². The van der Waals surface area contributed by atoms with E-state index >= 15 is 0 Å². The molecule has 164 valence electrons. The molecule has 3 aromatic heterocycles. The Morgan fingerprint density at radius 2 is 1.88 bits per heavy atom. The fourth-order valence-corrected chi connectivity index (χ4v) is 4.16. The van der Waals surface area contributed by atoms with Crippen molar-refractivity contribution < 1.29 is 4.79 Å². The molecule has 0 radical (unpaired) electrons. The summed E-state index contributed by atoms with van der Waals surface area (Å²) in [5.74, 6) is -0.236. The van der Waals surface area contributed by atoms with Crippen LogP contribution in [0.3, 0.4) is 0 Å². The zero-order valence-electron chi connectivity index (χ0n) is 18.1. The Morgan fingerprint density at radius 1 is 1.06 bits per heavy atom. The van der Waals surface area contributed by atoms with Crippen LogP contribution in [0.15, 0.2) is 71.0 Å². The lowest BCUT2D eigenvalue weighted by Crippen LogP contribution is -2.31. The maximum absolute atomic E-state index is 13.1. The largest absolute Gasteiger partial charge is 0.336 e. The highest BCUT2D eigenvalue weighted by molar-refractivity contribution is 7.13. The molecule has 0 atom stereocenters. The summed E-state index contributed by atoms with van der Waals surface area (Å²) in [6, 6.07) is 16.8. The van der Waals surface area contributed by atoms with Gasteiger partial charge < -0.3 is 4.90 Å². The average molecular weight is 448 g/mol. The average Bonchev–Trinajstić information content (AvgIpc) is 3.49. The molecule has 0 spiro atoms. The van der Waals surface area contributed by atoms with Crippen LogP contribution in [-0.2, 0) is 13.1 Å². The van der Waals surface area contributed by atoms with Crippen LogP contribution in [0.2, 0.25) is 0 Å². The monoisotopic (exact) mass is 447 g/mol. The third-order valence-electron chi connectivity index (χ3n) is 5.13. The second-order valence-electron chi connectivity index (χ2n) is 7.56. The zero-order valence-corrected chi connectivity index (χ0v) is 19.0. The molecule has 0 aliphatic rings. The number of rotatable bonds is 8. The van der Waals surface area contributed by atoms with E-state index in [1.807, 2.05) is 58.7 Å². The minimum Gasteiger partial charge on any atom is -0.336 e. The number of carbonyl (C=O) groups is 1. The Labute approximate surface area is 190 Å². The van der Waals surface area contributed by atoms with Crippen molar-refractivity contribution in [2.45, 2.75) is 32.9 Å². The van der Waals surface area contributed by atoms with E-state index < -0.39 is 0 Å². The summed E-state index contributed by atoms with van der Waals surface area (Å²) in [6.45, 7) is 2.93. The van der Waals surface area contributed by atoms with E-state index in [0.717, 1.165) is 34.7 Å². The summed E-state index contributed by atoms with van der Waals surface area (Å²) in [7, 11) is 1.74. The van der Waals surface area contributed by atoms with Gasteiger partial charge in [0, 0.05) is 38.0 Å². The molecule has 1 aromatic carbocycles. The molecule has 4 aromatic rings. The van der Waals surface area contributed by atoms with Gasteiger partial charge in [-0.1, -0.05) is 37.6 Å². The molecule has 7 nitrogen and oxygen atoms in total. The van der Waals surface area contributed by atoms with Crippen LogP contribution in [-0.4, -0.2) is 37.4 Å². The summed E-state index contributed by atoms with van der Waals surface area (Å²) >= 11 is 1.61. The normalized spacial score (nSPS) is 10.9. The van der Waals surface area contributed by atoms with Gasteiger partial charge in [0.1, 0.15) is 11.4 Å². The lowest BCUT2D eigenvalue weighted by molar-refractivity contribution is 0.0776. The highest BCUT2D eigenvalue weighted by Crippen LogP contribution is 2.28. The van der Waals surface area contributed by atoms with Crippen molar-refractivity contribution in [3.05, 3.63) is 87.8 Å². The topological polar surface area (TPSA) is 73.0 Å². The Hall–Kier alpha value is -3.52. The Bertz CT molecular complexity index is 1250. The standard InChI is InChI=1S/C24H25N5O2S/c1-3-4-14-28-22(30)13-12-20(25-28)24(31)27(2)16-18-17-29(19-9-6-5-7-10-19)26-23(18)21-11-8-15-32-21/h5-13,15,17H,3-4,14,16H2,1-2H3. The van der Waals surface area contributed by atoms with Crippen LogP contribution in [0, 0.1) is 0 Å². The van der Waals surface area contributed by atoms with Crippen LogP contribution >= 0.6 is 11.3 Å². The van der Waals surface area contributed by atoms with Gasteiger partial charge in [-0.25, -0.2) is 9.36 Å². The van der Waals surface area contributed by atoms with Crippen molar-refractivity contribution in [3.8, 4) is 16.3 Å². The second kappa shape index (κ2) is 9.74. The number of thiophene rings is 1. The number of hydrogen-bond donors (Lipinski definition) is 0. The smallest absolute Gasteiger partial charge is 0.274 e. The van der Waals surface area contributed by atoms with Gasteiger partial charge >= 0.3 is 0 Å². The lowest BCUT2D eigenvalue weighted by Gasteiger charge is -2.17. The molecule has 8 heteroatoms. The van der Waals surface area contributed by atoms with Crippen LogP contribution in [0.4, 0.5) is 0 Å². The number of aryl methyl sites for hydroxylation is 1. The van der Waals surface area contributed by atoms with E-state index in [9.17, 15) is 9.59 Å². The van der Waals surface area contributed by atoms with Crippen molar-refractivity contribution in [3.63, 3.8) is 0 Å². The Kier molecular flexibility index (Phi) is 6.61. The molecule has 0 bridgehead atoms. The van der Waals surface area contributed by atoms with Crippen molar-refractivity contribution in [2.75, 3.05) is 7.05 Å².